The summed E-state index contributed by atoms with van der Waals surface area (Å²) in [6, 6.07) is 0.327. The smallest absolute Gasteiger partial charge is 0.223 e. The molecule has 0 rings (SSSR count). The van der Waals surface area contributed by atoms with E-state index in [9.17, 15) is 9.59 Å². The third-order valence-electron chi connectivity index (χ3n) is 13.3. The fraction of sp³-hybridized carbons (Fsp3) is 0.926. The first-order valence-electron chi connectivity index (χ1n) is 26.8. The van der Waals surface area contributed by atoms with E-state index in [4.69, 9.17) is 0 Å². The normalized spacial score (nSPS) is 12.5. The highest BCUT2D eigenvalue weighted by Crippen LogP contribution is 2.17. The van der Waals surface area contributed by atoms with E-state index >= 15 is 0 Å². The van der Waals surface area contributed by atoms with Crippen LogP contribution in [0.2, 0.25) is 0 Å². The van der Waals surface area contributed by atoms with Crippen molar-refractivity contribution in [1.29, 1.82) is 0 Å². The van der Waals surface area contributed by atoms with Gasteiger partial charge >= 0.3 is 0 Å². The first-order chi connectivity index (χ1) is 29.3. The second kappa shape index (κ2) is 44.0. The summed E-state index contributed by atoms with van der Waals surface area (Å²) >= 11 is 0. The van der Waals surface area contributed by atoms with Crippen molar-refractivity contribution in [2.75, 3.05) is 52.4 Å². The Bertz CT molecular complexity index is 923. The van der Waals surface area contributed by atoms with E-state index in [0.29, 0.717) is 25.9 Å². The minimum atomic E-state index is 0.164. The van der Waals surface area contributed by atoms with Crippen LogP contribution in [0.3, 0.4) is 0 Å². The topological polar surface area (TPSA) is 47.1 Å². The van der Waals surface area contributed by atoms with E-state index < -0.39 is 0 Å². The predicted octanol–water partition coefficient (Wildman–Crippen LogP) is 14.6. The molecule has 60 heavy (non-hydrogen) atoms. The minimum Gasteiger partial charge on any atom is -0.329 e. The zero-order valence-corrected chi connectivity index (χ0v) is 42.0. The Kier molecular flexibility index (Phi) is 42.9. The highest BCUT2D eigenvalue weighted by Gasteiger charge is 2.21. The van der Waals surface area contributed by atoms with Crippen LogP contribution in [0.1, 0.15) is 261 Å². The van der Waals surface area contributed by atoms with E-state index in [0.717, 1.165) is 90.6 Å². The van der Waals surface area contributed by atoms with Gasteiger partial charge in [-0.25, -0.2) is 0 Å². The molecule has 6 heteroatoms. The molecule has 2 amide bonds. The lowest BCUT2D eigenvalue weighted by Crippen LogP contribution is -2.40. The number of carbonyl (C=O) groups is 2. The zero-order valence-electron chi connectivity index (χ0n) is 42.0. The molecular weight excluding hydrogens is 737 g/mol. The van der Waals surface area contributed by atoms with Crippen molar-refractivity contribution < 1.29 is 9.59 Å². The Morgan fingerprint density at radius 2 is 0.617 bits per heavy atom. The van der Waals surface area contributed by atoms with Crippen LogP contribution in [0.5, 0.6) is 0 Å². The number of amides is 2. The average Bonchev–Trinajstić information content (AvgIpc) is 3.25. The van der Waals surface area contributed by atoms with E-state index in [2.05, 4.69) is 86.8 Å². The minimum absolute atomic E-state index is 0.164. The van der Waals surface area contributed by atoms with Crippen LogP contribution >= 0.6 is 0 Å². The van der Waals surface area contributed by atoms with Gasteiger partial charge in [0.1, 0.15) is 0 Å². The second-order valence-corrected chi connectivity index (χ2v) is 18.4. The Labute approximate surface area is 376 Å². The molecule has 0 aromatic rings. The molecule has 0 N–H and O–H groups in total. The van der Waals surface area contributed by atoms with Crippen LogP contribution in [0.25, 0.3) is 0 Å². The molecule has 0 saturated heterocycles. The van der Waals surface area contributed by atoms with E-state index in [1.165, 1.54) is 141 Å². The lowest BCUT2D eigenvalue weighted by Gasteiger charge is -2.29. The molecule has 354 valence electrons. The summed E-state index contributed by atoms with van der Waals surface area (Å²) < 4.78 is 0. The van der Waals surface area contributed by atoms with Gasteiger partial charge < -0.3 is 19.6 Å². The molecule has 0 radical (unpaired) electrons. The highest BCUT2D eigenvalue weighted by molar-refractivity contribution is 5.77. The number of rotatable bonds is 44. The molecule has 0 heterocycles. The van der Waals surface area contributed by atoms with Crippen molar-refractivity contribution in [3.05, 3.63) is 0 Å². The van der Waals surface area contributed by atoms with Crippen LogP contribution in [-0.2, 0) is 9.59 Å². The Morgan fingerprint density at radius 3 is 0.867 bits per heavy atom. The molecule has 0 aromatic carbocycles. The Hall–Kier alpha value is -1.58. The van der Waals surface area contributed by atoms with Gasteiger partial charge in [0.25, 0.3) is 0 Å². The monoisotopic (exact) mass is 843 g/mol. The molecule has 0 unspecified atom stereocenters. The van der Waals surface area contributed by atoms with E-state index in [-0.39, 0.29) is 23.9 Å². The van der Waals surface area contributed by atoms with Gasteiger partial charge in [0.05, 0.1) is 13.1 Å². The lowest BCUT2D eigenvalue weighted by molar-refractivity contribution is -0.133. The molecule has 0 bridgehead atoms. The summed E-state index contributed by atoms with van der Waals surface area (Å²) in [7, 11) is 0. The molecule has 6 nitrogen and oxygen atoms in total. The van der Waals surface area contributed by atoms with Crippen molar-refractivity contribution in [1.82, 2.24) is 19.6 Å². The summed E-state index contributed by atoms with van der Waals surface area (Å²) in [5.41, 5.74) is 0. The second-order valence-electron chi connectivity index (χ2n) is 18.4. The Balaban J connectivity index is 5.19. The number of unbranched alkanes of at least 4 members (excludes halogenated alkanes) is 24. The average molecular weight is 843 g/mol. The van der Waals surface area contributed by atoms with Crippen LogP contribution in [0, 0.1) is 11.8 Å². The van der Waals surface area contributed by atoms with Gasteiger partial charge in [0.2, 0.25) is 11.8 Å². The molecule has 0 saturated carbocycles. The lowest BCUT2D eigenvalue weighted by atomic mass is 10.0. The Morgan fingerprint density at radius 1 is 0.367 bits per heavy atom. The van der Waals surface area contributed by atoms with Crippen LogP contribution < -0.4 is 0 Å². The largest absolute Gasteiger partial charge is 0.329 e. The molecule has 0 spiro atoms. The van der Waals surface area contributed by atoms with Gasteiger partial charge in [-0.15, -0.1) is 0 Å². The third-order valence-corrected chi connectivity index (χ3v) is 13.3. The fourth-order valence-corrected chi connectivity index (χ4v) is 8.75. The number of carbonyl (C=O) groups excluding carboxylic acids is 2. The van der Waals surface area contributed by atoms with Gasteiger partial charge in [-0.05, 0) is 91.6 Å². The van der Waals surface area contributed by atoms with E-state index in [1.54, 1.807) is 0 Å². The SMILES string of the molecule is CCCCCCCCCCCCCCCC(=O)N(CC#CCN(C(=O)CCCCCCCCCCCCCCC)[C@H](C)CCCN(CC)CC)[C@H](C)CCCN(CC)CC. The van der Waals surface area contributed by atoms with Crippen molar-refractivity contribution in [2.45, 2.75) is 273 Å². The van der Waals surface area contributed by atoms with Gasteiger partial charge in [-0.1, -0.05) is 207 Å². The molecule has 0 fully saturated rings. The molecule has 0 aromatic heterocycles. The van der Waals surface area contributed by atoms with Crippen LogP contribution in [0.4, 0.5) is 0 Å². The first kappa shape index (κ1) is 58.4. The highest BCUT2D eigenvalue weighted by atomic mass is 16.2. The number of hydrogen-bond acceptors (Lipinski definition) is 4. The van der Waals surface area contributed by atoms with Gasteiger partial charge in [-0.3, -0.25) is 9.59 Å². The maximum absolute atomic E-state index is 13.7. The predicted molar refractivity (Wildman–Crippen MR) is 265 cm³/mol. The maximum atomic E-state index is 13.7. The number of nitrogens with zero attached hydrogens (tertiary/aromatic N) is 4. The molecular formula is C54H106N4O2. The molecule has 0 aliphatic carbocycles. The third kappa shape index (κ3) is 34.0. The van der Waals surface area contributed by atoms with Crippen LogP contribution in [-0.4, -0.2) is 95.9 Å². The molecule has 0 aliphatic rings. The first-order valence-corrected chi connectivity index (χ1v) is 26.8. The maximum Gasteiger partial charge on any atom is 0.223 e. The van der Waals surface area contributed by atoms with Crippen LogP contribution in [0.15, 0.2) is 0 Å². The summed E-state index contributed by atoms with van der Waals surface area (Å²) in [6.07, 6.45) is 39.5. The van der Waals surface area contributed by atoms with Crippen molar-refractivity contribution in [3.63, 3.8) is 0 Å². The zero-order chi connectivity index (χ0) is 44.3. The summed E-state index contributed by atoms with van der Waals surface area (Å²) in [5, 5.41) is 0. The quantitative estimate of drug-likeness (QED) is 0.0453. The molecule has 0 aliphatic heterocycles. The van der Waals surface area contributed by atoms with Gasteiger partial charge in [0.15, 0.2) is 0 Å². The summed E-state index contributed by atoms with van der Waals surface area (Å²) in [4.78, 5) is 36.5. The van der Waals surface area contributed by atoms with E-state index in [1.807, 2.05) is 0 Å². The molecule has 2 atom stereocenters. The van der Waals surface area contributed by atoms with Crippen molar-refractivity contribution in [2.24, 2.45) is 0 Å². The van der Waals surface area contributed by atoms with Crippen molar-refractivity contribution >= 4 is 11.8 Å². The summed E-state index contributed by atoms with van der Waals surface area (Å²) in [5.74, 6) is 7.33. The summed E-state index contributed by atoms with van der Waals surface area (Å²) in [6.45, 7) is 25.3. The standard InChI is InChI=1S/C54H106N4O2/c1-9-15-17-19-21-23-25-27-29-31-33-35-37-45-53(59)57(51(7)43-41-47-55(11-3)12-4)49-39-40-50-58(52(8)44-42-48-56(13-5)14-6)54(60)46-38-36-34-32-30-28-26-24-22-20-18-16-10-2/h51-52H,9-38,41-50H2,1-8H3/t51-,52-/m1/s1. The fourth-order valence-electron chi connectivity index (χ4n) is 8.75. The van der Waals surface area contributed by atoms with Gasteiger partial charge in [0, 0.05) is 24.9 Å². The number of hydrogen-bond donors (Lipinski definition) is 0. The van der Waals surface area contributed by atoms with Crippen molar-refractivity contribution in [3.8, 4) is 11.8 Å². The van der Waals surface area contributed by atoms with Gasteiger partial charge in [-0.2, -0.15) is 0 Å².